The first-order chi connectivity index (χ1) is 12.1. The highest BCUT2D eigenvalue weighted by atomic mass is 16.1. The van der Waals surface area contributed by atoms with Crippen molar-refractivity contribution in [3.63, 3.8) is 0 Å². The van der Waals surface area contributed by atoms with Crippen LogP contribution in [0.25, 0.3) is 10.9 Å². The molecule has 0 atom stereocenters. The van der Waals surface area contributed by atoms with Crippen LogP contribution in [0, 0.1) is 0 Å². The number of nitrogens with one attached hydrogen (secondary N) is 2. The average Bonchev–Trinajstić information content (AvgIpc) is 2.83. The van der Waals surface area contributed by atoms with Gasteiger partial charge in [-0.3, -0.25) is 4.79 Å². The number of carbonyl (C=O) groups excluding carboxylic acids is 1. The SMILES string of the molecule is CC(C)n1cc(CC(=O)NC2CC(C)(C)NC(C)(C)C2)c2ccccc21. The molecule has 1 aromatic heterocycles. The predicted octanol–water partition coefficient (Wildman–Crippen LogP) is 4.19. The van der Waals surface area contributed by atoms with Crippen LogP contribution in [0.15, 0.2) is 30.5 Å². The summed E-state index contributed by atoms with van der Waals surface area (Å²) in [7, 11) is 0. The molecular formula is C22H33N3O. The van der Waals surface area contributed by atoms with Gasteiger partial charge in [0.15, 0.2) is 0 Å². The molecule has 1 aromatic carbocycles. The maximum Gasteiger partial charge on any atom is 0.224 e. The number of fused-ring (bicyclic) bond motifs is 1. The molecule has 0 unspecified atom stereocenters. The van der Waals surface area contributed by atoms with E-state index in [2.05, 4.69) is 81.1 Å². The number of piperidine rings is 1. The molecule has 2 heterocycles. The Morgan fingerprint density at radius 3 is 2.42 bits per heavy atom. The highest BCUT2D eigenvalue weighted by Gasteiger charge is 2.38. The number of hydrogen-bond donors (Lipinski definition) is 2. The summed E-state index contributed by atoms with van der Waals surface area (Å²) < 4.78 is 2.26. The first-order valence-corrected chi connectivity index (χ1v) is 9.73. The van der Waals surface area contributed by atoms with Crippen molar-refractivity contribution in [2.45, 2.75) is 84.0 Å². The monoisotopic (exact) mass is 355 g/mol. The first-order valence-electron chi connectivity index (χ1n) is 9.73. The van der Waals surface area contributed by atoms with Crippen molar-refractivity contribution >= 4 is 16.8 Å². The van der Waals surface area contributed by atoms with E-state index in [4.69, 9.17) is 0 Å². The zero-order chi connectivity index (χ0) is 19.1. The van der Waals surface area contributed by atoms with Crippen LogP contribution in [-0.2, 0) is 11.2 Å². The van der Waals surface area contributed by atoms with Gasteiger partial charge in [-0.1, -0.05) is 18.2 Å². The summed E-state index contributed by atoms with van der Waals surface area (Å²) in [6.45, 7) is 13.2. The average molecular weight is 356 g/mol. The van der Waals surface area contributed by atoms with E-state index in [0.717, 1.165) is 18.4 Å². The van der Waals surface area contributed by atoms with Crippen molar-refractivity contribution < 1.29 is 4.79 Å². The van der Waals surface area contributed by atoms with Gasteiger partial charge in [0.05, 0.1) is 6.42 Å². The summed E-state index contributed by atoms with van der Waals surface area (Å²) >= 11 is 0. The van der Waals surface area contributed by atoms with Crippen LogP contribution in [0.1, 0.15) is 66.0 Å². The summed E-state index contributed by atoms with van der Waals surface area (Å²) in [5.74, 6) is 0.121. The van der Waals surface area contributed by atoms with Gasteiger partial charge in [-0.05, 0) is 66.0 Å². The second-order valence-electron chi connectivity index (χ2n) is 9.41. The van der Waals surface area contributed by atoms with Crippen LogP contribution in [-0.4, -0.2) is 27.6 Å². The third-order valence-corrected chi connectivity index (χ3v) is 5.29. The second-order valence-corrected chi connectivity index (χ2v) is 9.41. The van der Waals surface area contributed by atoms with Gasteiger partial charge in [0.25, 0.3) is 0 Å². The number of benzene rings is 1. The minimum Gasteiger partial charge on any atom is -0.353 e. The Morgan fingerprint density at radius 2 is 1.81 bits per heavy atom. The van der Waals surface area contributed by atoms with E-state index in [1.807, 2.05) is 6.07 Å². The van der Waals surface area contributed by atoms with Crippen LogP contribution >= 0.6 is 0 Å². The van der Waals surface area contributed by atoms with Crippen molar-refractivity contribution in [1.82, 2.24) is 15.2 Å². The molecule has 0 bridgehead atoms. The second kappa shape index (κ2) is 6.73. The first kappa shape index (κ1) is 19.0. The molecule has 1 amide bonds. The Labute approximate surface area is 157 Å². The molecule has 4 nitrogen and oxygen atoms in total. The third-order valence-electron chi connectivity index (χ3n) is 5.29. The quantitative estimate of drug-likeness (QED) is 0.864. The number of aromatic nitrogens is 1. The Bertz CT molecular complexity index is 785. The highest BCUT2D eigenvalue weighted by molar-refractivity contribution is 5.89. The van der Waals surface area contributed by atoms with E-state index in [9.17, 15) is 4.79 Å². The van der Waals surface area contributed by atoms with Crippen molar-refractivity contribution in [3.8, 4) is 0 Å². The van der Waals surface area contributed by atoms with Crippen LogP contribution in [0.2, 0.25) is 0 Å². The van der Waals surface area contributed by atoms with Crippen molar-refractivity contribution in [3.05, 3.63) is 36.0 Å². The lowest BCUT2D eigenvalue weighted by atomic mass is 9.79. The fraction of sp³-hybridized carbons (Fsp3) is 0.591. The Morgan fingerprint density at radius 1 is 1.19 bits per heavy atom. The molecule has 26 heavy (non-hydrogen) atoms. The molecule has 3 rings (SSSR count). The molecule has 1 fully saturated rings. The number of para-hydroxylation sites is 1. The van der Waals surface area contributed by atoms with E-state index in [1.165, 1.54) is 10.9 Å². The van der Waals surface area contributed by atoms with Gasteiger partial charge in [0.2, 0.25) is 5.91 Å². The predicted molar refractivity (Wildman–Crippen MR) is 108 cm³/mol. The Balaban J connectivity index is 1.76. The smallest absolute Gasteiger partial charge is 0.224 e. The van der Waals surface area contributed by atoms with Gasteiger partial charge in [-0.15, -0.1) is 0 Å². The van der Waals surface area contributed by atoms with E-state index >= 15 is 0 Å². The van der Waals surface area contributed by atoms with E-state index in [1.54, 1.807) is 0 Å². The molecule has 2 N–H and O–H groups in total. The molecule has 4 heteroatoms. The van der Waals surface area contributed by atoms with Crippen LogP contribution in [0.5, 0.6) is 0 Å². The highest BCUT2D eigenvalue weighted by Crippen LogP contribution is 2.29. The van der Waals surface area contributed by atoms with E-state index in [0.29, 0.717) is 12.5 Å². The molecule has 0 aliphatic carbocycles. The summed E-state index contributed by atoms with van der Waals surface area (Å²) in [4.78, 5) is 12.8. The van der Waals surface area contributed by atoms with Crippen LogP contribution < -0.4 is 10.6 Å². The lowest BCUT2D eigenvalue weighted by molar-refractivity contribution is -0.121. The van der Waals surface area contributed by atoms with Crippen LogP contribution in [0.4, 0.5) is 0 Å². The van der Waals surface area contributed by atoms with Gasteiger partial charge in [0.1, 0.15) is 0 Å². The minimum absolute atomic E-state index is 0.0351. The van der Waals surface area contributed by atoms with E-state index in [-0.39, 0.29) is 23.0 Å². The summed E-state index contributed by atoms with van der Waals surface area (Å²) in [5, 5.41) is 8.15. The lowest BCUT2D eigenvalue weighted by Crippen LogP contribution is -2.62. The standard InChI is InChI=1S/C22H33N3O/c1-15(2)25-14-16(18-9-7-8-10-19(18)25)11-20(26)23-17-12-21(3,4)24-22(5,6)13-17/h7-10,14-15,17,24H,11-13H2,1-6H3,(H,23,26). The molecule has 0 spiro atoms. The van der Waals surface area contributed by atoms with Gasteiger partial charge < -0.3 is 15.2 Å². The van der Waals surface area contributed by atoms with Gasteiger partial charge in [0, 0.05) is 40.3 Å². The normalized spacial score (nSPS) is 19.8. The molecule has 0 saturated carbocycles. The third kappa shape index (κ3) is 4.12. The van der Waals surface area contributed by atoms with Crippen molar-refractivity contribution in [2.24, 2.45) is 0 Å². The number of nitrogens with zero attached hydrogens (tertiary/aromatic N) is 1. The van der Waals surface area contributed by atoms with Crippen molar-refractivity contribution in [2.75, 3.05) is 0 Å². The summed E-state index contributed by atoms with van der Waals surface area (Å²) in [6, 6.07) is 8.95. The summed E-state index contributed by atoms with van der Waals surface area (Å²) in [5.41, 5.74) is 2.38. The lowest BCUT2D eigenvalue weighted by Gasteiger charge is -2.46. The van der Waals surface area contributed by atoms with Gasteiger partial charge in [-0.2, -0.15) is 0 Å². The Kier molecular flexibility index (Phi) is 4.91. The zero-order valence-electron chi connectivity index (χ0n) is 17.0. The summed E-state index contributed by atoms with van der Waals surface area (Å²) in [6.07, 6.45) is 4.49. The number of carbonyl (C=O) groups is 1. The van der Waals surface area contributed by atoms with Gasteiger partial charge >= 0.3 is 0 Å². The molecule has 1 aliphatic heterocycles. The Hall–Kier alpha value is -1.81. The molecule has 1 aliphatic rings. The fourth-order valence-corrected chi connectivity index (χ4v) is 4.72. The van der Waals surface area contributed by atoms with Crippen molar-refractivity contribution in [1.29, 1.82) is 0 Å². The molecular weight excluding hydrogens is 322 g/mol. The number of rotatable bonds is 4. The number of hydrogen-bond acceptors (Lipinski definition) is 2. The zero-order valence-corrected chi connectivity index (χ0v) is 17.0. The minimum atomic E-state index is 0.0351. The number of amides is 1. The maximum absolute atomic E-state index is 12.8. The topological polar surface area (TPSA) is 46.1 Å². The largest absolute Gasteiger partial charge is 0.353 e. The molecule has 0 radical (unpaired) electrons. The van der Waals surface area contributed by atoms with Gasteiger partial charge in [-0.25, -0.2) is 0 Å². The molecule has 142 valence electrons. The molecule has 2 aromatic rings. The maximum atomic E-state index is 12.8. The van der Waals surface area contributed by atoms with Crippen LogP contribution in [0.3, 0.4) is 0 Å². The molecule has 1 saturated heterocycles. The fourth-order valence-electron chi connectivity index (χ4n) is 4.72. The van der Waals surface area contributed by atoms with E-state index < -0.39 is 0 Å².